The average molecular weight is 421 g/mol. The van der Waals surface area contributed by atoms with Gasteiger partial charge in [-0.15, -0.1) is 0 Å². The van der Waals surface area contributed by atoms with Crippen LogP contribution < -0.4 is 10.1 Å². The number of benzene rings is 2. The summed E-state index contributed by atoms with van der Waals surface area (Å²) in [4.78, 5) is 22.2. The highest BCUT2D eigenvalue weighted by atomic mass is 35.5. The van der Waals surface area contributed by atoms with E-state index in [4.69, 9.17) is 27.9 Å². The van der Waals surface area contributed by atoms with Gasteiger partial charge in [0.05, 0.1) is 20.5 Å². The molecule has 6 nitrogen and oxygen atoms in total. The molecule has 0 aliphatic rings. The van der Waals surface area contributed by atoms with Gasteiger partial charge in [-0.1, -0.05) is 29.8 Å². The lowest BCUT2D eigenvalue weighted by molar-refractivity contribution is -0.385. The molecule has 0 radical (unpaired) electrons. The number of carbonyl (C=O) groups excluding carboxylic acids is 1. The van der Waals surface area contributed by atoms with Gasteiger partial charge in [0.1, 0.15) is 11.3 Å². The van der Waals surface area contributed by atoms with Crippen LogP contribution in [0.5, 0.6) is 11.5 Å². The second kappa shape index (κ2) is 7.85. The summed E-state index contributed by atoms with van der Waals surface area (Å²) in [5, 5.41) is 12.4. The Morgan fingerprint density at radius 1 is 1.22 bits per heavy atom. The minimum atomic E-state index is -4.66. The molecule has 0 aliphatic carbocycles. The second-order valence-corrected chi connectivity index (χ2v) is 5.80. The monoisotopic (exact) mass is 420 g/mol. The molecule has 1 N–H and O–H groups in total. The van der Waals surface area contributed by atoms with E-state index >= 15 is 0 Å². The molecule has 11 heteroatoms. The molecule has 0 aromatic heterocycles. The first kappa shape index (κ1) is 20.5. The first-order valence-corrected chi connectivity index (χ1v) is 7.74. The Morgan fingerprint density at radius 2 is 1.81 bits per heavy atom. The summed E-state index contributed by atoms with van der Waals surface area (Å²) >= 11 is 11.6. The number of nitrogens with one attached hydrogen (secondary N) is 1. The van der Waals surface area contributed by atoms with Crippen molar-refractivity contribution >= 4 is 34.8 Å². The highest BCUT2D eigenvalue weighted by molar-refractivity contribution is 6.37. The molecular weight excluding hydrogens is 412 g/mol. The molecule has 27 heavy (non-hydrogen) atoms. The molecule has 0 atom stereocenters. The van der Waals surface area contributed by atoms with Crippen LogP contribution in [0.4, 0.5) is 18.9 Å². The van der Waals surface area contributed by atoms with Gasteiger partial charge in [-0.2, -0.15) is 13.2 Å². The Hall–Kier alpha value is -2.78. The largest absolute Gasteiger partial charge is 0.454 e. The van der Waals surface area contributed by atoms with E-state index < -0.39 is 38.3 Å². The van der Waals surface area contributed by atoms with E-state index in [2.05, 4.69) is 11.9 Å². The molecule has 0 aliphatic heterocycles. The van der Waals surface area contributed by atoms with Crippen molar-refractivity contribution in [3.05, 3.63) is 74.4 Å². The number of amides is 1. The number of nitrogens with zero attached hydrogens (tertiary/aromatic N) is 1. The van der Waals surface area contributed by atoms with Gasteiger partial charge in [0.15, 0.2) is 5.75 Å². The number of carbonyl (C=O) groups is 1. The van der Waals surface area contributed by atoms with Gasteiger partial charge in [0.2, 0.25) is 0 Å². The number of nitro groups is 1. The molecule has 1 amide bonds. The van der Waals surface area contributed by atoms with Gasteiger partial charge < -0.3 is 10.1 Å². The topological polar surface area (TPSA) is 81.5 Å². The third-order valence-electron chi connectivity index (χ3n) is 3.19. The van der Waals surface area contributed by atoms with Gasteiger partial charge in [0, 0.05) is 12.1 Å². The highest BCUT2D eigenvalue weighted by Gasteiger charge is 2.32. The van der Waals surface area contributed by atoms with E-state index in [1.807, 2.05) is 0 Å². The van der Waals surface area contributed by atoms with Gasteiger partial charge in [0.25, 0.3) is 11.6 Å². The van der Waals surface area contributed by atoms with Gasteiger partial charge >= 0.3 is 6.18 Å². The fourth-order valence-corrected chi connectivity index (χ4v) is 2.59. The Balaban J connectivity index is 2.46. The van der Waals surface area contributed by atoms with E-state index in [9.17, 15) is 28.1 Å². The van der Waals surface area contributed by atoms with E-state index in [-0.39, 0.29) is 17.1 Å². The van der Waals surface area contributed by atoms with Crippen LogP contribution in [0.25, 0.3) is 0 Å². The number of nitro benzene ring substituents is 1. The fraction of sp³-hybridized carbons (Fsp3) is 0.0625. The summed E-state index contributed by atoms with van der Waals surface area (Å²) < 4.78 is 43.7. The molecule has 0 saturated carbocycles. The number of alkyl halides is 3. The molecule has 0 spiro atoms. The lowest BCUT2D eigenvalue weighted by Crippen LogP contribution is -2.18. The molecule has 2 rings (SSSR count). The minimum Gasteiger partial charge on any atom is -0.454 e. The summed E-state index contributed by atoms with van der Waals surface area (Å²) in [5.74, 6) is -1.22. The average Bonchev–Trinajstić information content (AvgIpc) is 2.57. The highest BCUT2D eigenvalue weighted by Crippen LogP contribution is 2.42. The maximum atomic E-state index is 12.8. The van der Waals surface area contributed by atoms with Crippen LogP contribution in [0.2, 0.25) is 10.0 Å². The zero-order valence-electron chi connectivity index (χ0n) is 13.1. The van der Waals surface area contributed by atoms with Crippen LogP contribution >= 0.6 is 23.2 Å². The predicted octanol–water partition coefficient (Wildman–Crippen LogP) is 5.59. The second-order valence-electron chi connectivity index (χ2n) is 4.98. The standard InChI is InChI=1S/C16H9Cl2F3N2O4/c1-2-22-15(24)10-7-9(3-4-13(10)23(25)26)27-14-11(17)5-8(6-12(14)18)16(19,20)21/h2-7H,1H2,(H,22,24). The third-order valence-corrected chi connectivity index (χ3v) is 3.75. The van der Waals surface area contributed by atoms with Crippen molar-refractivity contribution in [1.82, 2.24) is 5.32 Å². The minimum absolute atomic E-state index is 0.0987. The smallest absolute Gasteiger partial charge is 0.416 e. The predicted molar refractivity (Wildman–Crippen MR) is 92.3 cm³/mol. The summed E-state index contributed by atoms with van der Waals surface area (Å²) in [5.41, 5.74) is -1.93. The first-order chi connectivity index (χ1) is 12.5. The van der Waals surface area contributed by atoms with Crippen molar-refractivity contribution in [2.75, 3.05) is 0 Å². The lowest BCUT2D eigenvalue weighted by Gasteiger charge is -2.13. The van der Waals surface area contributed by atoms with Crippen LogP contribution in [-0.2, 0) is 6.18 Å². The van der Waals surface area contributed by atoms with Crippen molar-refractivity contribution in [3.8, 4) is 11.5 Å². The normalized spacial score (nSPS) is 11.0. The van der Waals surface area contributed by atoms with E-state index in [0.717, 1.165) is 24.4 Å². The van der Waals surface area contributed by atoms with Crippen molar-refractivity contribution in [2.45, 2.75) is 6.18 Å². The van der Waals surface area contributed by atoms with Gasteiger partial charge in [-0.3, -0.25) is 14.9 Å². The van der Waals surface area contributed by atoms with Crippen molar-refractivity contribution in [1.29, 1.82) is 0 Å². The zero-order valence-corrected chi connectivity index (χ0v) is 14.7. The Morgan fingerprint density at radius 3 is 2.30 bits per heavy atom. The first-order valence-electron chi connectivity index (χ1n) is 6.99. The molecule has 2 aromatic rings. The Bertz CT molecular complexity index is 909. The van der Waals surface area contributed by atoms with Crippen LogP contribution in [0.3, 0.4) is 0 Å². The van der Waals surface area contributed by atoms with Crippen LogP contribution in [0, 0.1) is 10.1 Å². The van der Waals surface area contributed by atoms with Crippen LogP contribution in [0.15, 0.2) is 43.1 Å². The van der Waals surface area contributed by atoms with E-state index in [0.29, 0.717) is 12.1 Å². The van der Waals surface area contributed by atoms with E-state index in [1.165, 1.54) is 0 Å². The van der Waals surface area contributed by atoms with Crippen molar-refractivity contribution in [2.24, 2.45) is 0 Å². The molecule has 2 aromatic carbocycles. The lowest BCUT2D eigenvalue weighted by atomic mass is 10.1. The SMILES string of the molecule is C=CNC(=O)c1cc(Oc2c(Cl)cc(C(F)(F)F)cc2Cl)ccc1[N+](=O)[O-]. The summed E-state index contributed by atoms with van der Waals surface area (Å²) in [6.45, 7) is 3.28. The number of ether oxygens (including phenoxy) is 1. The van der Waals surface area contributed by atoms with Crippen LogP contribution in [0.1, 0.15) is 15.9 Å². The van der Waals surface area contributed by atoms with E-state index in [1.54, 1.807) is 0 Å². The van der Waals surface area contributed by atoms with Gasteiger partial charge in [-0.05, 0) is 24.4 Å². The Kier molecular flexibility index (Phi) is 5.97. The zero-order chi connectivity index (χ0) is 20.4. The number of hydrogen-bond acceptors (Lipinski definition) is 4. The molecule has 0 bridgehead atoms. The van der Waals surface area contributed by atoms with Crippen molar-refractivity contribution < 1.29 is 27.6 Å². The maximum absolute atomic E-state index is 12.8. The fourth-order valence-electron chi connectivity index (χ4n) is 2.03. The molecule has 0 saturated heterocycles. The molecular formula is C16H9Cl2F3N2O4. The molecule has 0 unspecified atom stereocenters. The van der Waals surface area contributed by atoms with Crippen molar-refractivity contribution in [3.63, 3.8) is 0 Å². The molecule has 0 fully saturated rings. The quantitative estimate of drug-likeness (QED) is 0.505. The Labute approximate surface area is 160 Å². The summed E-state index contributed by atoms with van der Waals surface area (Å²) in [6.07, 6.45) is -3.63. The number of halogens is 5. The van der Waals surface area contributed by atoms with Crippen LogP contribution in [-0.4, -0.2) is 10.8 Å². The number of hydrogen-bond donors (Lipinski definition) is 1. The molecule has 0 heterocycles. The molecule has 142 valence electrons. The third kappa shape index (κ3) is 4.69. The van der Waals surface area contributed by atoms with Gasteiger partial charge in [-0.25, -0.2) is 0 Å². The number of rotatable bonds is 5. The maximum Gasteiger partial charge on any atom is 0.416 e. The summed E-state index contributed by atoms with van der Waals surface area (Å²) in [7, 11) is 0. The summed E-state index contributed by atoms with van der Waals surface area (Å²) in [6, 6.07) is 4.42.